The number of hydrogen-bond donors (Lipinski definition) is 3. The van der Waals surface area contributed by atoms with E-state index in [2.05, 4.69) is 20.6 Å². The molecule has 0 saturated carbocycles. The lowest BCUT2D eigenvalue weighted by atomic mass is 9.83. The Morgan fingerprint density at radius 3 is 2.67 bits per heavy atom. The minimum atomic E-state index is -4.49. The maximum Gasteiger partial charge on any atom is 0.416 e. The van der Waals surface area contributed by atoms with Crippen LogP contribution in [-0.4, -0.2) is 20.0 Å². The number of sulfonamides is 1. The summed E-state index contributed by atoms with van der Waals surface area (Å²) in [6.07, 6.45) is 0.836. The maximum absolute atomic E-state index is 13.5. The Bertz CT molecular complexity index is 1480. The summed E-state index contributed by atoms with van der Waals surface area (Å²) in [5.74, 6) is 0.329. The van der Waals surface area contributed by atoms with Crippen LogP contribution >= 0.6 is 11.3 Å². The summed E-state index contributed by atoms with van der Waals surface area (Å²) in [4.78, 5) is 4.43. The van der Waals surface area contributed by atoms with Crippen LogP contribution in [0.1, 0.15) is 34.0 Å². The first-order valence-electron chi connectivity index (χ1n) is 10.9. The van der Waals surface area contributed by atoms with Crippen molar-refractivity contribution in [3.8, 4) is 17.0 Å². The molecule has 3 aromatic rings. The van der Waals surface area contributed by atoms with Gasteiger partial charge in [0.2, 0.25) is 0 Å². The molecule has 7 nitrogen and oxygen atoms in total. The largest absolute Gasteiger partial charge is 0.493 e. The molecule has 3 N–H and O–H groups in total. The molecular formula is C24H21F3N4O3S2. The fourth-order valence-electron chi connectivity index (χ4n) is 4.22. The van der Waals surface area contributed by atoms with E-state index in [1.807, 2.05) is 0 Å². The monoisotopic (exact) mass is 534 g/mol. The van der Waals surface area contributed by atoms with Crippen LogP contribution in [0.15, 0.2) is 70.8 Å². The number of nitrogens with zero attached hydrogens (tertiary/aromatic N) is 1. The predicted octanol–water partition coefficient (Wildman–Crippen LogP) is 4.79. The van der Waals surface area contributed by atoms with Gasteiger partial charge < -0.3 is 10.2 Å². The molecule has 0 amide bonds. The number of alkyl halides is 3. The van der Waals surface area contributed by atoms with E-state index in [0.29, 0.717) is 34.6 Å². The average Bonchev–Trinajstić information content (AvgIpc) is 3.29. The van der Waals surface area contributed by atoms with E-state index in [1.54, 1.807) is 36.7 Å². The lowest BCUT2D eigenvalue weighted by molar-refractivity contribution is -0.137. The molecule has 0 bridgehead atoms. The summed E-state index contributed by atoms with van der Waals surface area (Å²) in [5, 5.41) is 2.49. The quantitative estimate of drug-likeness (QED) is 0.436. The fourth-order valence-corrected chi connectivity index (χ4v) is 5.87. The van der Waals surface area contributed by atoms with Crippen LogP contribution in [0, 0.1) is 6.92 Å². The van der Waals surface area contributed by atoms with E-state index in [1.165, 1.54) is 29.5 Å². The number of allylic oxidation sites excluding steroid dienone is 2. The fraction of sp³-hybridized carbons (Fsp3) is 0.208. The van der Waals surface area contributed by atoms with Gasteiger partial charge in [0.05, 0.1) is 27.8 Å². The number of aromatic nitrogens is 1. The van der Waals surface area contributed by atoms with Gasteiger partial charge in [-0.3, -0.25) is 10.1 Å². The summed E-state index contributed by atoms with van der Waals surface area (Å²) >= 11 is 1.36. The van der Waals surface area contributed by atoms with Crippen molar-refractivity contribution in [2.45, 2.75) is 30.3 Å². The van der Waals surface area contributed by atoms with Crippen LogP contribution in [0.25, 0.3) is 11.3 Å². The zero-order valence-corrected chi connectivity index (χ0v) is 20.5. The number of rotatable bonds is 5. The number of aryl methyl sites for hydroxylation is 1. The lowest BCUT2D eigenvalue weighted by Gasteiger charge is -2.28. The van der Waals surface area contributed by atoms with Crippen LogP contribution in [0.2, 0.25) is 0 Å². The standard InChI is InChI=1S/C24H21F3N4O3S2/c1-14-29-21(13-35-14)20-11-15(24(25,26)27)4-6-17(20)18-8-10-34-22-12-16(5-7-19(18)22)36(32,33)31-23-3-2-9-28-30-23/h2-7,9,11-13,18,28,30-31H,8,10H2,1H3/t18-/m1/s1. The molecule has 0 saturated heterocycles. The second-order valence-electron chi connectivity index (χ2n) is 8.26. The van der Waals surface area contributed by atoms with Gasteiger partial charge in [0.1, 0.15) is 11.6 Å². The summed E-state index contributed by atoms with van der Waals surface area (Å²) in [7, 11) is -3.91. The van der Waals surface area contributed by atoms with Crippen molar-refractivity contribution < 1.29 is 26.3 Å². The van der Waals surface area contributed by atoms with Crippen molar-refractivity contribution in [1.82, 2.24) is 20.6 Å². The van der Waals surface area contributed by atoms with Crippen LogP contribution in [0.5, 0.6) is 5.75 Å². The summed E-state index contributed by atoms with van der Waals surface area (Å²) in [6.45, 7) is 2.08. The van der Waals surface area contributed by atoms with Crippen LogP contribution < -0.4 is 20.3 Å². The average molecular weight is 535 g/mol. The number of nitrogens with one attached hydrogen (secondary N) is 3. The maximum atomic E-state index is 13.5. The molecule has 1 atom stereocenters. The van der Waals surface area contributed by atoms with Crippen molar-refractivity contribution >= 4 is 21.4 Å². The molecule has 0 unspecified atom stereocenters. The minimum absolute atomic E-state index is 0.00178. The Kier molecular flexibility index (Phi) is 6.17. The normalized spacial score (nSPS) is 17.3. The summed E-state index contributed by atoms with van der Waals surface area (Å²) in [6, 6.07) is 8.25. The molecule has 0 radical (unpaired) electrons. The molecule has 12 heteroatoms. The third-order valence-electron chi connectivity index (χ3n) is 5.88. The van der Waals surface area contributed by atoms with Gasteiger partial charge in [-0.1, -0.05) is 12.1 Å². The highest BCUT2D eigenvalue weighted by atomic mass is 32.2. The first kappa shape index (κ1) is 24.2. The van der Waals surface area contributed by atoms with Gasteiger partial charge in [0, 0.05) is 34.7 Å². The molecule has 1 aromatic heterocycles. The number of thiazole rings is 1. The van der Waals surface area contributed by atoms with Gasteiger partial charge in [-0.2, -0.15) is 13.2 Å². The van der Waals surface area contributed by atoms with Crippen molar-refractivity contribution in [3.63, 3.8) is 0 Å². The van der Waals surface area contributed by atoms with Gasteiger partial charge in [0.15, 0.2) is 0 Å². The van der Waals surface area contributed by atoms with Crippen LogP contribution in [-0.2, 0) is 16.2 Å². The molecule has 2 aromatic carbocycles. The van der Waals surface area contributed by atoms with Crippen molar-refractivity contribution in [3.05, 3.63) is 87.6 Å². The Labute approximate surface area is 209 Å². The van der Waals surface area contributed by atoms with Crippen molar-refractivity contribution in [2.75, 3.05) is 6.61 Å². The second-order valence-corrected chi connectivity index (χ2v) is 11.0. The topological polar surface area (TPSA) is 92.3 Å². The minimum Gasteiger partial charge on any atom is -0.493 e. The number of halogens is 3. The highest BCUT2D eigenvalue weighted by Crippen LogP contribution is 2.44. The van der Waals surface area contributed by atoms with Gasteiger partial charge in [0.25, 0.3) is 10.0 Å². The molecule has 2 aliphatic heterocycles. The van der Waals surface area contributed by atoms with E-state index >= 15 is 0 Å². The molecule has 2 aliphatic rings. The zero-order valence-electron chi connectivity index (χ0n) is 18.9. The SMILES string of the molecule is Cc1nc(-c2cc(C(F)(F)F)ccc2[C@H]2CCOc3cc(S(=O)(=O)NC4=CC=CNN4)ccc32)cs1. The van der Waals surface area contributed by atoms with Gasteiger partial charge in [-0.25, -0.2) is 13.4 Å². The molecule has 0 aliphatic carbocycles. The third kappa shape index (κ3) is 4.78. The van der Waals surface area contributed by atoms with Crippen molar-refractivity contribution in [1.29, 1.82) is 0 Å². The lowest BCUT2D eigenvalue weighted by Crippen LogP contribution is -2.38. The number of hydrogen-bond acceptors (Lipinski definition) is 7. The molecule has 188 valence electrons. The van der Waals surface area contributed by atoms with E-state index in [4.69, 9.17) is 4.74 Å². The summed E-state index contributed by atoms with van der Waals surface area (Å²) in [5.41, 5.74) is 6.90. The number of hydrazine groups is 1. The van der Waals surface area contributed by atoms with E-state index in [0.717, 1.165) is 17.1 Å². The first-order chi connectivity index (χ1) is 17.1. The van der Waals surface area contributed by atoms with E-state index < -0.39 is 21.8 Å². The highest BCUT2D eigenvalue weighted by Gasteiger charge is 2.33. The Hall–Kier alpha value is -3.51. The van der Waals surface area contributed by atoms with Gasteiger partial charge >= 0.3 is 6.18 Å². The molecule has 5 rings (SSSR count). The Balaban J connectivity index is 1.54. The Morgan fingerprint density at radius 2 is 1.97 bits per heavy atom. The molecule has 0 fully saturated rings. The van der Waals surface area contributed by atoms with E-state index in [9.17, 15) is 21.6 Å². The smallest absolute Gasteiger partial charge is 0.416 e. The number of benzene rings is 2. The van der Waals surface area contributed by atoms with Crippen LogP contribution in [0.4, 0.5) is 13.2 Å². The summed E-state index contributed by atoms with van der Waals surface area (Å²) < 4.78 is 74.6. The van der Waals surface area contributed by atoms with Crippen LogP contribution in [0.3, 0.4) is 0 Å². The number of fused-ring (bicyclic) bond motifs is 1. The Morgan fingerprint density at radius 1 is 1.17 bits per heavy atom. The number of ether oxygens (including phenoxy) is 1. The van der Waals surface area contributed by atoms with Gasteiger partial charge in [-0.15, -0.1) is 11.3 Å². The predicted molar refractivity (Wildman–Crippen MR) is 130 cm³/mol. The molecule has 0 spiro atoms. The van der Waals surface area contributed by atoms with Crippen molar-refractivity contribution in [2.24, 2.45) is 0 Å². The molecular weight excluding hydrogens is 513 g/mol. The first-order valence-corrected chi connectivity index (χ1v) is 13.3. The molecule has 3 heterocycles. The second kappa shape index (κ2) is 9.17. The van der Waals surface area contributed by atoms with E-state index in [-0.39, 0.29) is 23.2 Å². The third-order valence-corrected chi connectivity index (χ3v) is 8.02. The highest BCUT2D eigenvalue weighted by molar-refractivity contribution is 7.89. The molecule has 36 heavy (non-hydrogen) atoms. The van der Waals surface area contributed by atoms with Gasteiger partial charge in [-0.05, 0) is 49.3 Å². The zero-order chi connectivity index (χ0) is 25.5.